The van der Waals surface area contributed by atoms with Crippen LogP contribution in [0.4, 0.5) is 9.18 Å². The number of amides is 1. The second kappa shape index (κ2) is 10.3. The van der Waals surface area contributed by atoms with Crippen LogP contribution in [-0.2, 0) is 16.5 Å². The molecule has 0 aliphatic carbocycles. The van der Waals surface area contributed by atoms with E-state index in [-0.39, 0.29) is 12.8 Å². The molecule has 1 aromatic carbocycles. The van der Waals surface area contributed by atoms with Gasteiger partial charge in [-0.1, -0.05) is 6.58 Å². The molecule has 0 radical (unpaired) electrons. The number of aryl methyl sites for hydroxylation is 1. The Morgan fingerprint density at radius 2 is 2.14 bits per heavy atom. The highest BCUT2D eigenvalue weighted by molar-refractivity contribution is 5.91. The monoisotopic (exact) mass is 499 g/mol. The van der Waals surface area contributed by atoms with Crippen LogP contribution in [0.25, 0.3) is 28.1 Å². The number of nitrogens with zero attached hydrogens (tertiary/aromatic N) is 4. The van der Waals surface area contributed by atoms with Crippen LogP contribution in [0.15, 0.2) is 24.9 Å². The molecule has 3 heterocycles. The summed E-state index contributed by atoms with van der Waals surface area (Å²) in [4.78, 5) is 12.0. The number of hydrogen-bond acceptors (Lipinski definition) is 6. The summed E-state index contributed by atoms with van der Waals surface area (Å²) in [6, 6.07) is 3.23. The van der Waals surface area contributed by atoms with Crippen molar-refractivity contribution in [3.63, 3.8) is 0 Å². The number of benzene rings is 1. The van der Waals surface area contributed by atoms with Crippen molar-refractivity contribution < 1.29 is 23.4 Å². The molecular formula is C26H34FN5O4. The van der Waals surface area contributed by atoms with Crippen LogP contribution in [0.2, 0.25) is 0 Å². The molecule has 1 amide bonds. The highest BCUT2D eigenvalue weighted by Crippen LogP contribution is 2.37. The summed E-state index contributed by atoms with van der Waals surface area (Å²) >= 11 is 0. The maximum absolute atomic E-state index is 15.5. The zero-order chi connectivity index (χ0) is 26.0. The quantitative estimate of drug-likeness (QED) is 0.480. The lowest BCUT2D eigenvalue weighted by molar-refractivity contribution is -0.0367. The fourth-order valence-corrected chi connectivity index (χ4v) is 4.20. The van der Waals surface area contributed by atoms with Gasteiger partial charge in [0.1, 0.15) is 17.5 Å². The molecule has 1 saturated heterocycles. The van der Waals surface area contributed by atoms with Gasteiger partial charge in [-0.2, -0.15) is 10.2 Å². The summed E-state index contributed by atoms with van der Waals surface area (Å²) in [6.45, 7) is 11.9. The van der Waals surface area contributed by atoms with E-state index in [2.05, 4.69) is 22.1 Å². The third-order valence-electron chi connectivity index (χ3n) is 5.87. The SMILES string of the molecule is C=Cc1nn(C2CCCCO2)c2cc(F)c(-c3cnn(C)c3O[C@@H](C)CNC(=O)OC(C)(C)C)cc12. The molecule has 1 aliphatic heterocycles. The highest BCUT2D eigenvalue weighted by Gasteiger charge is 2.24. The lowest BCUT2D eigenvalue weighted by Gasteiger charge is -2.23. The van der Waals surface area contributed by atoms with Crippen molar-refractivity contribution in [3.8, 4) is 17.0 Å². The molecule has 1 fully saturated rings. The van der Waals surface area contributed by atoms with E-state index in [4.69, 9.17) is 14.2 Å². The minimum Gasteiger partial charge on any atom is -0.472 e. The van der Waals surface area contributed by atoms with Gasteiger partial charge in [0.05, 0.1) is 29.5 Å². The number of ether oxygens (including phenoxy) is 3. The van der Waals surface area contributed by atoms with E-state index in [0.29, 0.717) is 34.8 Å². The van der Waals surface area contributed by atoms with Gasteiger partial charge in [0.2, 0.25) is 5.88 Å². The van der Waals surface area contributed by atoms with Gasteiger partial charge in [-0.15, -0.1) is 0 Å². The summed E-state index contributed by atoms with van der Waals surface area (Å²) in [6.07, 6.45) is 4.92. The molecule has 3 aromatic rings. The van der Waals surface area contributed by atoms with E-state index >= 15 is 4.39 Å². The summed E-state index contributed by atoms with van der Waals surface area (Å²) < 4.78 is 36.1. The van der Waals surface area contributed by atoms with E-state index < -0.39 is 23.6 Å². The standard InChI is InChI=1S/C26H34FN5O4/c1-7-21-18-12-17(20(27)13-22(18)32(30-21)23-10-8-9-11-34-23)19-15-29-31(6)24(19)35-16(2)14-28-25(33)36-26(3,4)5/h7,12-13,15-16,23H,1,8-11,14H2,2-6H3,(H,28,33)/t16-,23?/m0/s1. The van der Waals surface area contributed by atoms with E-state index in [1.807, 2.05) is 0 Å². The maximum atomic E-state index is 15.5. The molecule has 0 saturated carbocycles. The zero-order valence-electron chi connectivity index (χ0n) is 21.5. The Labute approximate surface area is 210 Å². The molecule has 2 atom stereocenters. The number of carbonyl (C=O) groups is 1. The number of halogens is 1. The Bertz CT molecular complexity index is 1250. The first-order chi connectivity index (χ1) is 17.1. The van der Waals surface area contributed by atoms with Crippen molar-refractivity contribution in [2.75, 3.05) is 13.2 Å². The number of aromatic nitrogens is 4. The molecular weight excluding hydrogens is 465 g/mol. The first kappa shape index (κ1) is 25.7. The highest BCUT2D eigenvalue weighted by atomic mass is 19.1. The molecule has 2 aromatic heterocycles. The average molecular weight is 500 g/mol. The van der Waals surface area contributed by atoms with Gasteiger partial charge in [-0.25, -0.2) is 18.5 Å². The topological polar surface area (TPSA) is 92.4 Å². The van der Waals surface area contributed by atoms with Crippen LogP contribution in [0.3, 0.4) is 0 Å². The van der Waals surface area contributed by atoms with Crippen LogP contribution in [-0.4, -0.2) is 50.5 Å². The number of alkyl carbamates (subject to hydrolysis) is 1. The Morgan fingerprint density at radius 3 is 2.81 bits per heavy atom. The largest absolute Gasteiger partial charge is 0.472 e. The summed E-state index contributed by atoms with van der Waals surface area (Å²) in [5, 5.41) is 12.4. The Morgan fingerprint density at radius 1 is 1.36 bits per heavy atom. The lowest BCUT2D eigenvalue weighted by atomic mass is 10.0. The number of carbonyl (C=O) groups excluding carboxylic acids is 1. The van der Waals surface area contributed by atoms with Crippen molar-refractivity contribution >= 4 is 23.1 Å². The molecule has 10 heteroatoms. The third kappa shape index (κ3) is 5.53. The van der Waals surface area contributed by atoms with Crippen LogP contribution in [0.5, 0.6) is 5.88 Å². The lowest BCUT2D eigenvalue weighted by Crippen LogP contribution is -2.37. The van der Waals surface area contributed by atoms with Gasteiger partial charge in [0.25, 0.3) is 0 Å². The fraction of sp³-hybridized carbons (Fsp3) is 0.500. The molecule has 194 valence electrons. The van der Waals surface area contributed by atoms with E-state index in [1.165, 1.54) is 10.7 Å². The molecule has 1 aliphatic rings. The van der Waals surface area contributed by atoms with Gasteiger partial charge in [0.15, 0.2) is 6.23 Å². The zero-order valence-corrected chi connectivity index (χ0v) is 21.5. The smallest absolute Gasteiger partial charge is 0.407 e. The Balaban J connectivity index is 1.61. The second-order valence-corrected chi connectivity index (χ2v) is 10.0. The van der Waals surface area contributed by atoms with E-state index in [1.54, 1.807) is 57.8 Å². The first-order valence-corrected chi connectivity index (χ1v) is 12.2. The molecule has 1 N–H and O–H groups in total. The van der Waals surface area contributed by atoms with E-state index in [0.717, 1.165) is 24.6 Å². The van der Waals surface area contributed by atoms with Crippen LogP contribution >= 0.6 is 0 Å². The van der Waals surface area contributed by atoms with E-state index in [9.17, 15) is 4.79 Å². The Kier molecular flexibility index (Phi) is 7.35. The van der Waals surface area contributed by atoms with Crippen LogP contribution in [0, 0.1) is 5.82 Å². The number of hydrogen-bond donors (Lipinski definition) is 1. The van der Waals surface area contributed by atoms with Crippen LogP contribution in [0.1, 0.15) is 58.9 Å². The third-order valence-corrected chi connectivity index (χ3v) is 5.87. The molecule has 1 unspecified atom stereocenters. The van der Waals surface area contributed by atoms with Crippen LogP contribution < -0.4 is 10.1 Å². The molecule has 36 heavy (non-hydrogen) atoms. The fourth-order valence-electron chi connectivity index (χ4n) is 4.20. The number of fused-ring (bicyclic) bond motifs is 1. The second-order valence-electron chi connectivity index (χ2n) is 10.0. The minimum absolute atomic E-state index is 0.204. The molecule has 0 spiro atoms. The van der Waals surface area contributed by atoms with Crippen molar-refractivity contribution in [2.45, 2.75) is 64.9 Å². The number of nitrogens with one attached hydrogen (secondary N) is 1. The van der Waals surface area contributed by atoms with Crippen molar-refractivity contribution in [1.29, 1.82) is 0 Å². The Hall–Kier alpha value is -3.40. The molecule has 9 nitrogen and oxygen atoms in total. The van der Waals surface area contributed by atoms with Gasteiger partial charge >= 0.3 is 6.09 Å². The maximum Gasteiger partial charge on any atom is 0.407 e. The predicted octanol–water partition coefficient (Wildman–Crippen LogP) is 5.21. The molecule has 4 rings (SSSR count). The van der Waals surface area contributed by atoms with Gasteiger partial charge in [0, 0.05) is 30.7 Å². The number of rotatable bonds is 7. The first-order valence-electron chi connectivity index (χ1n) is 12.2. The summed E-state index contributed by atoms with van der Waals surface area (Å²) in [5.41, 5.74) is 1.55. The van der Waals surface area contributed by atoms with Gasteiger partial charge in [-0.3, -0.25) is 0 Å². The van der Waals surface area contributed by atoms with Gasteiger partial charge in [-0.05, 0) is 59.1 Å². The predicted molar refractivity (Wildman–Crippen MR) is 135 cm³/mol. The van der Waals surface area contributed by atoms with Crippen molar-refractivity contribution in [1.82, 2.24) is 24.9 Å². The molecule has 0 bridgehead atoms. The average Bonchev–Trinajstić information content (AvgIpc) is 3.36. The van der Waals surface area contributed by atoms with Crippen molar-refractivity contribution in [2.24, 2.45) is 7.05 Å². The normalized spacial score (nSPS) is 17.1. The summed E-state index contributed by atoms with van der Waals surface area (Å²) in [5.74, 6) is -0.0395. The van der Waals surface area contributed by atoms with Crippen molar-refractivity contribution in [3.05, 3.63) is 36.4 Å². The van der Waals surface area contributed by atoms with Gasteiger partial charge < -0.3 is 19.5 Å². The minimum atomic E-state index is -0.596. The summed E-state index contributed by atoms with van der Waals surface area (Å²) in [7, 11) is 1.72.